The van der Waals surface area contributed by atoms with Gasteiger partial charge in [-0.05, 0) is 55.5 Å². The average Bonchev–Trinajstić information content (AvgIpc) is 3.24. The van der Waals surface area contributed by atoms with Gasteiger partial charge in [-0.1, -0.05) is 18.2 Å². The Labute approximate surface area is 173 Å². The number of ether oxygens (including phenoxy) is 2. The van der Waals surface area contributed by atoms with Gasteiger partial charge >= 0.3 is 5.97 Å². The summed E-state index contributed by atoms with van der Waals surface area (Å²) in [6.07, 6.45) is 1.64. The SMILES string of the molecule is COc1ccc(-c2cc(C(=O)OCc3nccc(C)n3)nn2-c2ccccc2)cc1. The molecule has 7 heteroatoms. The molecule has 0 radical (unpaired) electrons. The van der Waals surface area contributed by atoms with Crippen molar-refractivity contribution in [3.8, 4) is 22.7 Å². The lowest BCUT2D eigenvalue weighted by Crippen LogP contribution is -2.09. The van der Waals surface area contributed by atoms with Gasteiger partial charge in [-0.25, -0.2) is 19.4 Å². The van der Waals surface area contributed by atoms with Crippen molar-refractivity contribution < 1.29 is 14.3 Å². The molecule has 2 heterocycles. The number of aromatic nitrogens is 4. The van der Waals surface area contributed by atoms with Gasteiger partial charge in [0, 0.05) is 17.5 Å². The molecule has 0 spiro atoms. The largest absolute Gasteiger partial charge is 0.497 e. The highest BCUT2D eigenvalue weighted by molar-refractivity contribution is 5.89. The second kappa shape index (κ2) is 8.57. The molecule has 0 amide bonds. The molecule has 2 aromatic carbocycles. The van der Waals surface area contributed by atoms with E-state index >= 15 is 0 Å². The first-order chi connectivity index (χ1) is 14.6. The smallest absolute Gasteiger partial charge is 0.359 e. The topological polar surface area (TPSA) is 79.1 Å². The number of benzene rings is 2. The molecule has 0 atom stereocenters. The van der Waals surface area contributed by atoms with Gasteiger partial charge in [0.15, 0.2) is 18.1 Å². The predicted molar refractivity (Wildman–Crippen MR) is 111 cm³/mol. The highest BCUT2D eigenvalue weighted by atomic mass is 16.5. The normalized spacial score (nSPS) is 10.6. The van der Waals surface area contributed by atoms with Crippen LogP contribution in [0.1, 0.15) is 22.0 Å². The summed E-state index contributed by atoms with van der Waals surface area (Å²) in [4.78, 5) is 21.0. The van der Waals surface area contributed by atoms with E-state index in [0.29, 0.717) is 5.82 Å². The van der Waals surface area contributed by atoms with Gasteiger partial charge in [-0.15, -0.1) is 0 Å². The zero-order valence-electron chi connectivity index (χ0n) is 16.6. The van der Waals surface area contributed by atoms with Crippen LogP contribution in [0.4, 0.5) is 0 Å². The van der Waals surface area contributed by atoms with Gasteiger partial charge in [0.2, 0.25) is 0 Å². The molecule has 0 unspecified atom stereocenters. The fraction of sp³-hybridized carbons (Fsp3) is 0.130. The number of carbonyl (C=O) groups excluding carboxylic acids is 1. The molecule has 0 bridgehead atoms. The number of hydrogen-bond donors (Lipinski definition) is 0. The van der Waals surface area contributed by atoms with E-state index in [4.69, 9.17) is 9.47 Å². The lowest BCUT2D eigenvalue weighted by molar-refractivity contribution is 0.0454. The Hall–Kier alpha value is -4.00. The summed E-state index contributed by atoms with van der Waals surface area (Å²) in [5.41, 5.74) is 3.52. The Morgan fingerprint density at radius 1 is 1.03 bits per heavy atom. The summed E-state index contributed by atoms with van der Waals surface area (Å²) in [7, 11) is 1.62. The zero-order chi connectivity index (χ0) is 20.9. The second-order valence-corrected chi connectivity index (χ2v) is 6.58. The maximum Gasteiger partial charge on any atom is 0.359 e. The molecule has 7 nitrogen and oxygen atoms in total. The summed E-state index contributed by atoms with van der Waals surface area (Å²) in [5, 5.41) is 4.50. The van der Waals surface area contributed by atoms with Crippen LogP contribution in [0.25, 0.3) is 16.9 Å². The Kier molecular flexibility index (Phi) is 5.52. The molecule has 0 aliphatic carbocycles. The van der Waals surface area contributed by atoms with Crippen molar-refractivity contribution in [1.82, 2.24) is 19.7 Å². The van der Waals surface area contributed by atoms with Crippen molar-refractivity contribution in [2.24, 2.45) is 0 Å². The molecule has 0 saturated heterocycles. The van der Waals surface area contributed by atoms with Crippen molar-refractivity contribution in [2.75, 3.05) is 7.11 Å². The van der Waals surface area contributed by atoms with Crippen molar-refractivity contribution in [2.45, 2.75) is 13.5 Å². The van der Waals surface area contributed by atoms with E-state index in [1.165, 1.54) is 0 Å². The van der Waals surface area contributed by atoms with Gasteiger partial charge in [0.05, 0.1) is 18.5 Å². The highest BCUT2D eigenvalue weighted by Gasteiger charge is 2.18. The second-order valence-electron chi connectivity index (χ2n) is 6.58. The number of hydrogen-bond acceptors (Lipinski definition) is 6. The average molecular weight is 400 g/mol. The van der Waals surface area contributed by atoms with E-state index in [9.17, 15) is 4.79 Å². The van der Waals surface area contributed by atoms with Crippen LogP contribution in [0.3, 0.4) is 0 Å². The first-order valence-electron chi connectivity index (χ1n) is 9.39. The lowest BCUT2D eigenvalue weighted by Gasteiger charge is -2.08. The molecule has 0 fully saturated rings. The van der Waals surface area contributed by atoms with Crippen molar-refractivity contribution in [3.63, 3.8) is 0 Å². The van der Waals surface area contributed by atoms with E-state index in [1.54, 1.807) is 30.1 Å². The quantitative estimate of drug-likeness (QED) is 0.455. The van der Waals surface area contributed by atoms with Gasteiger partial charge in [0.1, 0.15) is 5.75 Å². The first kappa shape index (κ1) is 19.3. The first-order valence-corrected chi connectivity index (χ1v) is 9.39. The zero-order valence-corrected chi connectivity index (χ0v) is 16.6. The molecule has 0 N–H and O–H groups in total. The Morgan fingerprint density at radius 2 is 1.80 bits per heavy atom. The van der Waals surface area contributed by atoms with Crippen LogP contribution in [0.15, 0.2) is 72.9 Å². The molecular weight excluding hydrogens is 380 g/mol. The van der Waals surface area contributed by atoms with Crippen LogP contribution in [0.5, 0.6) is 5.75 Å². The highest BCUT2D eigenvalue weighted by Crippen LogP contribution is 2.26. The molecule has 30 heavy (non-hydrogen) atoms. The number of rotatable bonds is 6. The molecule has 0 saturated carbocycles. The monoisotopic (exact) mass is 400 g/mol. The van der Waals surface area contributed by atoms with E-state index in [-0.39, 0.29) is 12.3 Å². The lowest BCUT2D eigenvalue weighted by atomic mass is 10.1. The summed E-state index contributed by atoms with van der Waals surface area (Å²) in [6.45, 7) is 1.84. The van der Waals surface area contributed by atoms with E-state index in [1.807, 2.05) is 61.5 Å². The molecule has 150 valence electrons. The van der Waals surface area contributed by atoms with Crippen LogP contribution in [-0.4, -0.2) is 32.8 Å². The minimum Gasteiger partial charge on any atom is -0.497 e. The summed E-state index contributed by atoms with van der Waals surface area (Å²) < 4.78 is 12.3. The minimum atomic E-state index is -0.537. The maximum atomic E-state index is 12.7. The molecular formula is C23H20N4O3. The van der Waals surface area contributed by atoms with Gasteiger partial charge < -0.3 is 9.47 Å². The Bertz CT molecular complexity index is 1150. The number of nitrogens with zero attached hydrogens (tertiary/aromatic N) is 4. The summed E-state index contributed by atoms with van der Waals surface area (Å²) >= 11 is 0. The Balaban J connectivity index is 1.65. The van der Waals surface area contributed by atoms with E-state index in [2.05, 4.69) is 15.1 Å². The van der Waals surface area contributed by atoms with Crippen LogP contribution in [0.2, 0.25) is 0 Å². The van der Waals surface area contributed by atoms with Crippen LogP contribution < -0.4 is 4.74 Å². The van der Waals surface area contributed by atoms with Crippen molar-refractivity contribution >= 4 is 5.97 Å². The maximum absolute atomic E-state index is 12.7. The van der Waals surface area contributed by atoms with Crippen LogP contribution in [0, 0.1) is 6.92 Å². The molecule has 4 rings (SSSR count). The predicted octanol–water partition coefficient (Wildman–Crippen LogP) is 4.00. The third kappa shape index (κ3) is 4.20. The molecule has 2 aromatic heterocycles. The number of esters is 1. The molecule has 0 aliphatic heterocycles. The van der Waals surface area contributed by atoms with Gasteiger partial charge in [0.25, 0.3) is 0 Å². The number of para-hydroxylation sites is 1. The minimum absolute atomic E-state index is 0.0173. The van der Waals surface area contributed by atoms with Crippen molar-refractivity contribution in [1.29, 1.82) is 0 Å². The van der Waals surface area contributed by atoms with Crippen LogP contribution in [-0.2, 0) is 11.3 Å². The third-order valence-corrected chi connectivity index (χ3v) is 4.48. The fourth-order valence-corrected chi connectivity index (χ4v) is 2.99. The number of methoxy groups -OCH3 is 1. The third-order valence-electron chi connectivity index (χ3n) is 4.48. The standard InChI is InChI=1S/C23H20N4O3/c1-16-12-13-24-22(25-16)15-30-23(28)20-14-21(17-8-10-19(29-2)11-9-17)27(26-20)18-6-4-3-5-7-18/h3-14H,15H2,1-2H3. The Morgan fingerprint density at radius 3 is 2.50 bits per heavy atom. The van der Waals surface area contributed by atoms with Crippen LogP contribution >= 0.6 is 0 Å². The van der Waals surface area contributed by atoms with Gasteiger partial charge in [-0.2, -0.15) is 5.10 Å². The fourth-order valence-electron chi connectivity index (χ4n) is 2.99. The number of aryl methyl sites for hydroxylation is 1. The van der Waals surface area contributed by atoms with E-state index < -0.39 is 5.97 Å². The number of carbonyl (C=O) groups is 1. The molecule has 4 aromatic rings. The van der Waals surface area contributed by atoms with E-state index in [0.717, 1.165) is 28.4 Å². The van der Waals surface area contributed by atoms with Crippen molar-refractivity contribution in [3.05, 3.63) is 90.1 Å². The summed E-state index contributed by atoms with van der Waals surface area (Å²) in [5.74, 6) is 0.660. The molecule has 0 aliphatic rings. The van der Waals surface area contributed by atoms with Gasteiger partial charge in [-0.3, -0.25) is 0 Å². The summed E-state index contributed by atoms with van der Waals surface area (Å²) in [6, 6.07) is 20.7.